The van der Waals surface area contributed by atoms with Gasteiger partial charge >= 0.3 is 5.97 Å². The summed E-state index contributed by atoms with van der Waals surface area (Å²) in [5, 5.41) is 5.35. The van der Waals surface area contributed by atoms with E-state index in [0.29, 0.717) is 5.57 Å². The van der Waals surface area contributed by atoms with Crippen molar-refractivity contribution in [2.24, 2.45) is 0 Å². The summed E-state index contributed by atoms with van der Waals surface area (Å²) in [4.78, 5) is 13.6. The van der Waals surface area contributed by atoms with Crippen molar-refractivity contribution in [3.05, 3.63) is 80.8 Å². The third kappa shape index (κ3) is 3.29. The molecule has 0 aliphatic carbocycles. The number of hydrogen-bond donors (Lipinski definition) is 1. The van der Waals surface area contributed by atoms with E-state index in [1.807, 2.05) is 19.9 Å². The summed E-state index contributed by atoms with van der Waals surface area (Å²) in [5.41, 5.74) is 5.07. The van der Waals surface area contributed by atoms with Crippen LogP contribution in [0.2, 0.25) is 0 Å². The van der Waals surface area contributed by atoms with Crippen LogP contribution in [0, 0.1) is 0 Å². The zero-order valence-electron chi connectivity index (χ0n) is 14.1. The van der Waals surface area contributed by atoms with Gasteiger partial charge in [-0.05, 0) is 36.4 Å². The molecule has 1 aromatic heterocycles. The fraction of sp³-hybridized carbons (Fsp3) is 0.250. The molecule has 1 N–H and O–H groups in total. The summed E-state index contributed by atoms with van der Waals surface area (Å²) in [6, 6.07) is 12.5. The highest BCUT2D eigenvalue weighted by molar-refractivity contribution is 7.10. The van der Waals surface area contributed by atoms with Crippen molar-refractivity contribution in [3.8, 4) is 0 Å². The van der Waals surface area contributed by atoms with Crippen molar-refractivity contribution in [1.29, 1.82) is 0 Å². The van der Waals surface area contributed by atoms with E-state index in [-0.39, 0.29) is 11.9 Å². The van der Waals surface area contributed by atoms with Gasteiger partial charge in [0.05, 0.1) is 12.7 Å². The number of carbonyl (C=O) groups excluding carboxylic acids is 1. The van der Waals surface area contributed by atoms with Gasteiger partial charge in [0.1, 0.15) is 0 Å². The first kappa shape index (κ1) is 16.5. The molecule has 4 heteroatoms. The van der Waals surface area contributed by atoms with Gasteiger partial charge in [-0.2, -0.15) is 0 Å². The van der Waals surface area contributed by atoms with Crippen LogP contribution in [0.3, 0.4) is 0 Å². The van der Waals surface area contributed by atoms with Gasteiger partial charge < -0.3 is 10.1 Å². The Morgan fingerprint density at radius 1 is 1.21 bits per heavy atom. The van der Waals surface area contributed by atoms with Gasteiger partial charge in [-0.25, -0.2) is 4.79 Å². The molecule has 24 heavy (non-hydrogen) atoms. The van der Waals surface area contributed by atoms with E-state index in [1.165, 1.54) is 23.1 Å². The molecule has 1 unspecified atom stereocenters. The van der Waals surface area contributed by atoms with Crippen LogP contribution in [-0.2, 0) is 16.0 Å². The highest BCUT2D eigenvalue weighted by Gasteiger charge is 2.29. The molecule has 0 amide bonds. The molecule has 124 valence electrons. The van der Waals surface area contributed by atoms with Crippen molar-refractivity contribution >= 4 is 17.3 Å². The Balaban J connectivity index is 1.99. The minimum atomic E-state index is -0.273. The van der Waals surface area contributed by atoms with Crippen LogP contribution in [0.5, 0.6) is 0 Å². The molecular formula is C20H21NO2S. The third-order valence-corrected chi connectivity index (χ3v) is 5.18. The van der Waals surface area contributed by atoms with E-state index in [4.69, 9.17) is 4.74 Å². The fourth-order valence-corrected chi connectivity index (χ4v) is 4.12. The number of nitrogens with one attached hydrogen (secondary N) is 1. The first-order valence-corrected chi connectivity index (χ1v) is 8.83. The molecule has 1 atom stereocenters. The Hall–Kier alpha value is -2.33. The minimum absolute atomic E-state index is 0.0661. The maximum absolute atomic E-state index is 12.3. The van der Waals surface area contributed by atoms with Crippen LogP contribution in [-0.4, -0.2) is 13.1 Å². The number of carbonyl (C=O) groups is 1. The van der Waals surface area contributed by atoms with Crippen LogP contribution >= 0.6 is 11.3 Å². The van der Waals surface area contributed by atoms with E-state index in [9.17, 15) is 4.79 Å². The number of esters is 1. The predicted octanol–water partition coefficient (Wildman–Crippen LogP) is 4.38. The summed E-state index contributed by atoms with van der Waals surface area (Å²) in [6.07, 6.45) is 2.98. The average Bonchev–Trinajstić information content (AvgIpc) is 3.02. The van der Waals surface area contributed by atoms with Gasteiger partial charge in [0.2, 0.25) is 0 Å². The lowest BCUT2D eigenvalue weighted by molar-refractivity contribution is -0.136. The molecule has 1 aliphatic rings. The Morgan fingerprint density at radius 2 is 1.96 bits per heavy atom. The average molecular weight is 339 g/mol. The highest BCUT2D eigenvalue weighted by Crippen LogP contribution is 2.37. The number of benzene rings is 1. The third-order valence-electron chi connectivity index (χ3n) is 4.24. The topological polar surface area (TPSA) is 38.3 Å². The van der Waals surface area contributed by atoms with Crippen LogP contribution in [0.15, 0.2) is 64.8 Å². The van der Waals surface area contributed by atoms with Gasteiger partial charge in [-0.15, -0.1) is 11.3 Å². The lowest BCUT2D eigenvalue weighted by Crippen LogP contribution is -2.25. The van der Waals surface area contributed by atoms with Crippen LogP contribution in [0.1, 0.15) is 35.8 Å². The smallest absolute Gasteiger partial charge is 0.336 e. The number of hydrogen-bond acceptors (Lipinski definition) is 4. The fourth-order valence-electron chi connectivity index (χ4n) is 3.16. The lowest BCUT2D eigenvalue weighted by atomic mass is 9.86. The first-order valence-electron chi connectivity index (χ1n) is 7.95. The first-order chi connectivity index (χ1) is 11.6. The number of rotatable bonds is 4. The molecule has 1 aliphatic heterocycles. The molecular weight excluding hydrogens is 318 g/mol. The zero-order valence-corrected chi connectivity index (χ0v) is 14.9. The van der Waals surface area contributed by atoms with Crippen molar-refractivity contribution < 1.29 is 9.53 Å². The van der Waals surface area contributed by atoms with Crippen molar-refractivity contribution in [2.45, 2.75) is 26.2 Å². The maximum Gasteiger partial charge on any atom is 0.336 e. The molecule has 2 aromatic rings. The van der Waals surface area contributed by atoms with Crippen LogP contribution < -0.4 is 5.32 Å². The summed E-state index contributed by atoms with van der Waals surface area (Å²) in [7, 11) is 1.43. The second kappa shape index (κ2) is 7.05. The van der Waals surface area contributed by atoms with Crippen LogP contribution in [0.4, 0.5) is 0 Å². The Bertz CT molecular complexity index is 802. The van der Waals surface area contributed by atoms with Crippen molar-refractivity contribution in [3.63, 3.8) is 0 Å². The number of dihydropyridines is 1. The molecule has 3 rings (SSSR count). The molecule has 3 nitrogen and oxygen atoms in total. The Labute approximate surface area is 146 Å². The maximum atomic E-state index is 12.3. The SMILES string of the molecule is COC(=O)C1=C(C)NC(C)=CC1c1ccsc1Cc1ccccc1. The normalized spacial score (nSPS) is 17.3. The molecule has 0 spiro atoms. The van der Waals surface area contributed by atoms with Crippen LogP contribution in [0.25, 0.3) is 0 Å². The molecule has 0 saturated heterocycles. The number of thiophene rings is 1. The molecule has 2 heterocycles. The number of allylic oxidation sites excluding steroid dienone is 3. The van der Waals surface area contributed by atoms with E-state index in [0.717, 1.165) is 17.8 Å². The van der Waals surface area contributed by atoms with Gasteiger partial charge in [-0.1, -0.05) is 36.4 Å². The van der Waals surface area contributed by atoms with E-state index < -0.39 is 0 Å². The number of methoxy groups -OCH3 is 1. The number of ether oxygens (including phenoxy) is 1. The molecule has 0 bridgehead atoms. The summed E-state index contributed by atoms with van der Waals surface area (Å²) >= 11 is 1.74. The predicted molar refractivity (Wildman–Crippen MR) is 97.9 cm³/mol. The molecule has 0 saturated carbocycles. The second-order valence-electron chi connectivity index (χ2n) is 5.94. The molecule has 1 aromatic carbocycles. The van der Waals surface area contributed by atoms with E-state index in [2.05, 4.69) is 47.1 Å². The Kier molecular flexibility index (Phi) is 4.86. The van der Waals surface area contributed by atoms with Gasteiger partial charge in [0.25, 0.3) is 0 Å². The quantitative estimate of drug-likeness (QED) is 0.840. The summed E-state index contributed by atoms with van der Waals surface area (Å²) in [5.74, 6) is -0.339. The standard InChI is InChI=1S/C20H21NO2S/c1-13-11-17(19(14(2)21-13)20(22)23-3)16-9-10-24-18(16)12-15-7-5-4-6-8-15/h4-11,17,21H,12H2,1-3H3. The second-order valence-corrected chi connectivity index (χ2v) is 6.94. The van der Waals surface area contributed by atoms with Crippen molar-refractivity contribution in [2.75, 3.05) is 7.11 Å². The monoisotopic (exact) mass is 339 g/mol. The van der Waals surface area contributed by atoms with E-state index >= 15 is 0 Å². The van der Waals surface area contributed by atoms with E-state index in [1.54, 1.807) is 11.3 Å². The van der Waals surface area contributed by atoms with Gasteiger partial charge in [0, 0.05) is 28.6 Å². The van der Waals surface area contributed by atoms with Gasteiger partial charge in [-0.3, -0.25) is 0 Å². The lowest BCUT2D eigenvalue weighted by Gasteiger charge is -2.25. The highest BCUT2D eigenvalue weighted by atomic mass is 32.1. The largest absolute Gasteiger partial charge is 0.466 e. The van der Waals surface area contributed by atoms with Gasteiger partial charge in [0.15, 0.2) is 0 Å². The summed E-state index contributed by atoms with van der Waals surface area (Å²) < 4.78 is 5.02. The summed E-state index contributed by atoms with van der Waals surface area (Å²) in [6.45, 7) is 3.95. The molecule has 0 fully saturated rings. The zero-order chi connectivity index (χ0) is 17.1. The molecule has 0 radical (unpaired) electrons. The van der Waals surface area contributed by atoms with Crippen molar-refractivity contribution in [1.82, 2.24) is 5.32 Å². The minimum Gasteiger partial charge on any atom is -0.466 e. The Morgan fingerprint density at radius 3 is 2.67 bits per heavy atom.